The molecule has 0 aliphatic rings. The lowest BCUT2D eigenvalue weighted by molar-refractivity contribution is 0.0931. The normalized spacial score (nSPS) is 12.4. The van der Waals surface area contributed by atoms with Crippen LogP contribution < -0.4 is 10.0 Å². The Balaban J connectivity index is 1.76. The minimum atomic E-state index is -3.86. The maximum absolute atomic E-state index is 12.9. The summed E-state index contributed by atoms with van der Waals surface area (Å²) in [7, 11) is -3.86. The first-order valence-corrected chi connectivity index (χ1v) is 12.0. The van der Waals surface area contributed by atoms with Gasteiger partial charge in [0.1, 0.15) is 6.04 Å². The zero-order valence-corrected chi connectivity index (χ0v) is 19.5. The van der Waals surface area contributed by atoms with E-state index < -0.39 is 22.0 Å². The molecule has 9 heteroatoms. The molecule has 1 heterocycles. The molecule has 3 aromatic rings. The minimum absolute atomic E-state index is 0.00426. The van der Waals surface area contributed by atoms with E-state index in [1.54, 1.807) is 39.0 Å². The summed E-state index contributed by atoms with van der Waals surface area (Å²) in [6.45, 7) is 7.28. The number of carbonyl (C=O) groups excluding carboxylic acids is 1. The fourth-order valence-electron chi connectivity index (χ4n) is 3.17. The van der Waals surface area contributed by atoms with Crippen molar-refractivity contribution in [2.45, 2.75) is 57.9 Å². The highest BCUT2D eigenvalue weighted by molar-refractivity contribution is 7.92. The molecule has 3 rings (SSSR count). The number of carbonyl (C=O) groups is 1. The van der Waals surface area contributed by atoms with Crippen molar-refractivity contribution >= 4 is 21.6 Å². The summed E-state index contributed by atoms with van der Waals surface area (Å²) in [6, 6.07) is 11.3. The van der Waals surface area contributed by atoms with E-state index in [4.69, 9.17) is 4.52 Å². The molecular formula is C23H28N4O4S. The molecular weight excluding hydrogens is 428 g/mol. The number of hydrogen-bond acceptors (Lipinski definition) is 6. The first kappa shape index (κ1) is 23.5. The first-order chi connectivity index (χ1) is 15.2. The molecule has 1 atom stereocenters. The molecule has 8 nitrogen and oxygen atoms in total. The highest BCUT2D eigenvalue weighted by Gasteiger charge is 2.21. The second-order valence-electron chi connectivity index (χ2n) is 7.76. The van der Waals surface area contributed by atoms with Crippen molar-refractivity contribution in [3.05, 3.63) is 70.9 Å². The van der Waals surface area contributed by atoms with Crippen LogP contribution in [0.3, 0.4) is 0 Å². The summed E-state index contributed by atoms with van der Waals surface area (Å²) in [5, 5.41) is 6.48. The van der Waals surface area contributed by atoms with Gasteiger partial charge >= 0.3 is 0 Å². The van der Waals surface area contributed by atoms with Gasteiger partial charge in [0, 0.05) is 11.3 Å². The molecule has 0 spiro atoms. The molecule has 1 aromatic heterocycles. The minimum Gasteiger partial charge on any atom is -0.341 e. The molecule has 0 radical (unpaired) electrons. The average Bonchev–Trinajstić information content (AvgIpc) is 3.19. The Hall–Kier alpha value is -3.20. The third kappa shape index (κ3) is 5.73. The van der Waals surface area contributed by atoms with E-state index in [-0.39, 0.29) is 16.3 Å². The van der Waals surface area contributed by atoms with Crippen LogP contribution in [0.25, 0.3) is 0 Å². The Morgan fingerprint density at radius 3 is 2.47 bits per heavy atom. The van der Waals surface area contributed by atoms with Crippen LogP contribution in [0, 0.1) is 13.8 Å². The number of anilines is 1. The molecule has 1 unspecified atom stereocenters. The number of nitrogens with one attached hydrogen (secondary N) is 2. The van der Waals surface area contributed by atoms with Crippen molar-refractivity contribution in [3.8, 4) is 0 Å². The third-order valence-electron chi connectivity index (χ3n) is 5.05. The van der Waals surface area contributed by atoms with Crippen LogP contribution in [-0.2, 0) is 16.4 Å². The van der Waals surface area contributed by atoms with Crippen molar-refractivity contribution < 1.29 is 17.7 Å². The molecule has 2 aromatic carbocycles. The molecule has 0 saturated carbocycles. The molecule has 0 bridgehead atoms. The Bertz CT molecular complexity index is 1190. The van der Waals surface area contributed by atoms with Crippen LogP contribution in [-0.4, -0.2) is 24.5 Å². The molecule has 0 saturated heterocycles. The topological polar surface area (TPSA) is 114 Å². The smallest absolute Gasteiger partial charge is 0.261 e. The number of unbranched alkanes of at least 4 members (excludes halogenated alkanes) is 1. The second-order valence-corrected chi connectivity index (χ2v) is 9.44. The lowest BCUT2D eigenvalue weighted by Crippen LogP contribution is -2.28. The van der Waals surface area contributed by atoms with Crippen LogP contribution >= 0.6 is 0 Å². The van der Waals surface area contributed by atoms with Gasteiger partial charge in [-0.3, -0.25) is 9.52 Å². The van der Waals surface area contributed by atoms with E-state index in [2.05, 4.69) is 27.1 Å². The lowest BCUT2D eigenvalue weighted by atomic mass is 10.1. The van der Waals surface area contributed by atoms with E-state index in [0.717, 1.165) is 24.8 Å². The van der Waals surface area contributed by atoms with E-state index in [1.807, 2.05) is 12.1 Å². The second kappa shape index (κ2) is 9.95. The molecule has 0 aliphatic carbocycles. The molecule has 32 heavy (non-hydrogen) atoms. The van der Waals surface area contributed by atoms with Crippen LogP contribution in [0.1, 0.15) is 65.9 Å². The zero-order chi connectivity index (χ0) is 23.3. The van der Waals surface area contributed by atoms with Gasteiger partial charge in [-0.25, -0.2) is 8.42 Å². The fourth-order valence-corrected chi connectivity index (χ4v) is 4.26. The van der Waals surface area contributed by atoms with Gasteiger partial charge in [0.15, 0.2) is 5.82 Å². The SMILES string of the molecule is CCCCc1ccc(NS(=O)(=O)c2ccc(C)c(C(=O)NC(C)c3nc(C)no3)c2)cc1. The summed E-state index contributed by atoms with van der Waals surface area (Å²) in [4.78, 5) is 16.9. The number of nitrogens with zero attached hydrogens (tertiary/aromatic N) is 2. The summed E-state index contributed by atoms with van der Waals surface area (Å²) < 4.78 is 33.5. The van der Waals surface area contributed by atoms with E-state index >= 15 is 0 Å². The van der Waals surface area contributed by atoms with Crippen molar-refractivity contribution in [3.63, 3.8) is 0 Å². The highest BCUT2D eigenvalue weighted by atomic mass is 32.2. The maximum Gasteiger partial charge on any atom is 0.261 e. The number of hydrogen-bond donors (Lipinski definition) is 2. The van der Waals surface area contributed by atoms with Crippen molar-refractivity contribution in [2.24, 2.45) is 0 Å². The Morgan fingerprint density at radius 1 is 1.12 bits per heavy atom. The average molecular weight is 457 g/mol. The first-order valence-electron chi connectivity index (χ1n) is 10.5. The van der Waals surface area contributed by atoms with E-state index in [1.165, 1.54) is 12.1 Å². The van der Waals surface area contributed by atoms with Gasteiger partial charge in [-0.15, -0.1) is 0 Å². The molecule has 170 valence electrons. The third-order valence-corrected chi connectivity index (χ3v) is 6.43. The molecule has 0 fully saturated rings. The number of benzene rings is 2. The van der Waals surface area contributed by atoms with Gasteiger partial charge in [0.2, 0.25) is 5.89 Å². The Labute approximate surface area is 188 Å². The largest absolute Gasteiger partial charge is 0.341 e. The monoisotopic (exact) mass is 456 g/mol. The lowest BCUT2D eigenvalue weighted by Gasteiger charge is -2.14. The van der Waals surface area contributed by atoms with Crippen LogP contribution in [0.4, 0.5) is 5.69 Å². The predicted molar refractivity (Wildman–Crippen MR) is 122 cm³/mol. The fraction of sp³-hybridized carbons (Fsp3) is 0.348. The number of amides is 1. The van der Waals surface area contributed by atoms with Gasteiger partial charge < -0.3 is 9.84 Å². The van der Waals surface area contributed by atoms with Gasteiger partial charge in [0.25, 0.3) is 15.9 Å². The molecule has 1 amide bonds. The summed E-state index contributed by atoms with van der Waals surface area (Å²) in [5.41, 5.74) is 2.54. The molecule has 2 N–H and O–H groups in total. The van der Waals surface area contributed by atoms with Gasteiger partial charge in [-0.1, -0.05) is 36.7 Å². The number of rotatable bonds is 9. The predicted octanol–water partition coefficient (Wildman–Crippen LogP) is 4.32. The standard InChI is InChI=1S/C23H28N4O4S/c1-5-6-7-18-9-11-19(12-10-18)27-32(29,30)20-13-8-15(2)21(14-20)22(28)24-16(3)23-25-17(4)26-31-23/h8-14,16,27H,5-7H2,1-4H3,(H,24,28). The Morgan fingerprint density at radius 2 is 1.84 bits per heavy atom. The summed E-state index contributed by atoms with van der Waals surface area (Å²) >= 11 is 0. The van der Waals surface area contributed by atoms with Gasteiger partial charge in [-0.2, -0.15) is 4.98 Å². The summed E-state index contributed by atoms with van der Waals surface area (Å²) in [5.74, 6) is 0.319. The van der Waals surface area contributed by atoms with Crippen molar-refractivity contribution in [2.75, 3.05) is 4.72 Å². The summed E-state index contributed by atoms with van der Waals surface area (Å²) in [6.07, 6.45) is 3.15. The number of aromatic nitrogens is 2. The van der Waals surface area contributed by atoms with Crippen LogP contribution in [0.2, 0.25) is 0 Å². The van der Waals surface area contributed by atoms with E-state index in [0.29, 0.717) is 17.1 Å². The zero-order valence-electron chi connectivity index (χ0n) is 18.7. The van der Waals surface area contributed by atoms with Crippen LogP contribution in [0.5, 0.6) is 0 Å². The number of aryl methyl sites for hydroxylation is 3. The molecule has 0 aliphatic heterocycles. The number of sulfonamides is 1. The van der Waals surface area contributed by atoms with Crippen molar-refractivity contribution in [1.82, 2.24) is 15.5 Å². The Kier molecular flexibility index (Phi) is 7.29. The van der Waals surface area contributed by atoms with Gasteiger partial charge in [0.05, 0.1) is 4.90 Å². The van der Waals surface area contributed by atoms with Crippen molar-refractivity contribution in [1.29, 1.82) is 0 Å². The quantitative estimate of drug-likeness (QED) is 0.496. The van der Waals surface area contributed by atoms with E-state index in [9.17, 15) is 13.2 Å². The van der Waals surface area contributed by atoms with Gasteiger partial charge in [-0.05, 0) is 69.0 Å². The highest BCUT2D eigenvalue weighted by Crippen LogP contribution is 2.21. The van der Waals surface area contributed by atoms with Crippen LogP contribution in [0.15, 0.2) is 51.9 Å². The maximum atomic E-state index is 12.9.